The van der Waals surface area contributed by atoms with Gasteiger partial charge in [0.05, 0.1) is 94.4 Å². The molecule has 0 aromatic heterocycles. The third-order valence-corrected chi connectivity index (χ3v) is 15.8. The molecule has 0 fully saturated rings. The lowest BCUT2D eigenvalue weighted by Gasteiger charge is -2.13. The van der Waals surface area contributed by atoms with Crippen LogP contribution in [0.4, 0.5) is 5.69 Å². The molecule has 0 radical (unpaired) electrons. The lowest BCUT2D eigenvalue weighted by Crippen LogP contribution is -2.25. The highest BCUT2D eigenvalue weighted by Gasteiger charge is 2.41. The molecule has 0 heterocycles. The summed E-state index contributed by atoms with van der Waals surface area (Å²) >= 11 is 5.97. The van der Waals surface area contributed by atoms with Crippen molar-refractivity contribution in [3.8, 4) is 73.5 Å². The fourth-order valence-corrected chi connectivity index (χ4v) is 11.4. The molecule has 5 aromatic rings. The minimum atomic E-state index is -0.950. The molecule has 0 saturated heterocycles. The molecule has 16 heteroatoms. The first-order valence-electron chi connectivity index (χ1n) is 26.8. The summed E-state index contributed by atoms with van der Waals surface area (Å²) in [5, 5.41) is 69.3. The average molecular weight is 1150 g/mol. The Hall–Kier alpha value is -8.97. The van der Waals surface area contributed by atoms with Crippen molar-refractivity contribution in [2.24, 2.45) is 29.6 Å². The number of hydrogen-bond acceptors (Lipinski definition) is 14. The number of Topliss-reactive ketones (excluding diaryl/α,β-unsaturated/α-hetero) is 5. The van der Waals surface area contributed by atoms with E-state index in [1.54, 1.807) is 43.5 Å². The molecule has 84 heavy (non-hydrogen) atoms. The molecule has 15 nitrogen and oxygen atoms in total. The zero-order valence-corrected chi connectivity index (χ0v) is 46.9. The van der Waals surface area contributed by atoms with Crippen molar-refractivity contribution in [1.82, 2.24) is 0 Å². The van der Waals surface area contributed by atoms with Gasteiger partial charge >= 0.3 is 0 Å². The number of benzene rings is 5. The van der Waals surface area contributed by atoms with E-state index in [1.165, 1.54) is 6.07 Å². The highest BCUT2D eigenvalue weighted by molar-refractivity contribution is 6.34. The number of methoxy groups -OCH3 is 1. The van der Waals surface area contributed by atoms with Crippen LogP contribution in [0.5, 0.6) is 5.75 Å². The maximum absolute atomic E-state index is 12.1. The summed E-state index contributed by atoms with van der Waals surface area (Å²) in [6.45, 7) is 1.92. The minimum absolute atomic E-state index is 0.0378. The Kier molecular flexibility index (Phi) is 22.4. The fraction of sp³-hybridized carbons (Fsp3) is 0.324. The number of carbonyl (C=O) groups excluding carboxylic acids is 5. The number of aliphatic hydroxyl groups excluding tert-OH is 5. The van der Waals surface area contributed by atoms with Gasteiger partial charge in [0, 0.05) is 60.4 Å². The van der Waals surface area contributed by atoms with Crippen LogP contribution in [0, 0.1) is 120 Å². The molecule has 10 atom stereocenters. The molecule has 0 bridgehead atoms. The standard InChI is InChI=1S/C14H11NO2.C14H14O3.C14H14O2.C13H11ClO2.C13H11NO4/c1-2-4-12(16)11-7-9-5-3-6-10(8-15)13(9)14(11)17;1-3-4-13(15)12-7-9-5-6-10(17-2)8-11(9)14(12)16;1-3-5-12(15)11-8-10-7-4-6-9(2)13(10)14(11)16;1-2-4-11(15)9-7-8-5-3-6-10(14)12(8)13(9)16;1-2-4-11(15)9-7-8-5-3-6-10(14(17)18)12(8)13(9)16/h1,3,5-6,11-12,16H,4,7H2;1,5-6,8,12-13,15H,4,7H2,2H3;1,4,6-7,11-12,15H,5,8H2,2H3;1,3,5-6,9,11,15H,4,7H2;1,3,5-6,9,11,15H,4,7H2. The summed E-state index contributed by atoms with van der Waals surface area (Å²) in [6, 6.07) is 28.3. The van der Waals surface area contributed by atoms with Crippen LogP contribution in [-0.4, -0.2) is 97.0 Å². The number of ketones is 5. The second-order valence-corrected chi connectivity index (χ2v) is 21.1. The second kappa shape index (κ2) is 29.3. The number of carbonyl (C=O) groups is 5. The van der Waals surface area contributed by atoms with Crippen LogP contribution in [0.1, 0.15) is 123 Å². The van der Waals surface area contributed by atoms with Crippen molar-refractivity contribution in [2.45, 2.75) is 102 Å². The van der Waals surface area contributed by atoms with Crippen LogP contribution in [-0.2, 0) is 32.1 Å². The van der Waals surface area contributed by atoms with Gasteiger partial charge in [0.15, 0.2) is 28.9 Å². The lowest BCUT2D eigenvalue weighted by molar-refractivity contribution is -0.385. The Morgan fingerprint density at radius 2 is 0.905 bits per heavy atom. The van der Waals surface area contributed by atoms with E-state index in [0.717, 1.165) is 33.4 Å². The zero-order chi connectivity index (χ0) is 61.5. The predicted octanol–water partition coefficient (Wildman–Crippen LogP) is 7.88. The number of hydrogen-bond donors (Lipinski definition) is 5. The van der Waals surface area contributed by atoms with E-state index in [4.69, 9.17) is 53.7 Å². The number of aliphatic hydroxyl groups is 5. The van der Waals surface area contributed by atoms with E-state index in [-0.39, 0.29) is 78.2 Å². The molecule has 10 rings (SSSR count). The SMILES string of the molecule is C#CCC(O)C1Cc2ccc(OC)cc2C1=O.C#CCC(O)C1Cc2cccc(C#N)c2C1=O.C#CCC(O)C1Cc2cccc(C)c2C1=O.C#CCC(O)C1Cc2cccc(Cl)c2C1=O.C#CCC(O)C1Cc2cccc([N+](=O)[O-])c2C1=O. The summed E-state index contributed by atoms with van der Waals surface area (Å²) < 4.78 is 5.08. The summed E-state index contributed by atoms with van der Waals surface area (Å²) in [4.78, 5) is 70.7. The number of aryl methyl sites for hydroxylation is 1. The van der Waals surface area contributed by atoms with Crippen molar-refractivity contribution in [3.63, 3.8) is 0 Å². The number of halogens is 1. The van der Waals surface area contributed by atoms with E-state index in [9.17, 15) is 59.6 Å². The van der Waals surface area contributed by atoms with Gasteiger partial charge in [0.1, 0.15) is 5.75 Å². The van der Waals surface area contributed by atoms with Gasteiger partial charge in [0.2, 0.25) is 0 Å². The Labute approximate surface area is 493 Å². The smallest absolute Gasteiger partial charge is 0.280 e. The van der Waals surface area contributed by atoms with Crippen LogP contribution in [0.25, 0.3) is 0 Å². The molecule has 0 aliphatic heterocycles. The van der Waals surface area contributed by atoms with Crippen molar-refractivity contribution < 1.29 is 59.2 Å². The van der Waals surface area contributed by atoms with E-state index in [1.807, 2.05) is 61.5 Å². The normalized spacial score (nSPS) is 19.7. The molecule has 5 aromatic carbocycles. The number of nitriles is 1. The molecular formula is C68H61ClN2O13. The molecule has 10 unspecified atom stereocenters. The van der Waals surface area contributed by atoms with E-state index in [0.29, 0.717) is 70.7 Å². The van der Waals surface area contributed by atoms with Gasteiger partial charge < -0.3 is 30.3 Å². The largest absolute Gasteiger partial charge is 0.497 e. The van der Waals surface area contributed by atoms with Crippen LogP contribution in [0.2, 0.25) is 5.02 Å². The van der Waals surface area contributed by atoms with Gasteiger partial charge in [-0.25, -0.2) is 0 Å². The number of terminal acetylenes is 5. The Balaban J connectivity index is 0.000000168. The Morgan fingerprint density at radius 3 is 1.33 bits per heavy atom. The molecule has 0 spiro atoms. The van der Waals surface area contributed by atoms with Crippen LogP contribution >= 0.6 is 11.6 Å². The number of nitro benzene ring substituents is 1. The van der Waals surface area contributed by atoms with Gasteiger partial charge in [-0.3, -0.25) is 34.1 Å². The first kappa shape index (κ1) is 64.2. The summed E-state index contributed by atoms with van der Waals surface area (Å²) in [7, 11) is 1.56. The maximum atomic E-state index is 12.1. The molecule has 5 aliphatic rings. The van der Waals surface area contributed by atoms with Gasteiger partial charge in [-0.15, -0.1) is 61.7 Å². The van der Waals surface area contributed by atoms with Crippen LogP contribution in [0.3, 0.4) is 0 Å². The number of ether oxygens (including phenoxy) is 1. The van der Waals surface area contributed by atoms with Crippen LogP contribution in [0.15, 0.2) is 91.0 Å². The number of fused-ring (bicyclic) bond motifs is 5. The lowest BCUT2D eigenvalue weighted by atomic mass is 9.95. The maximum Gasteiger partial charge on any atom is 0.280 e. The Morgan fingerprint density at radius 1 is 0.536 bits per heavy atom. The van der Waals surface area contributed by atoms with Gasteiger partial charge in [-0.05, 0) is 96.7 Å². The van der Waals surface area contributed by atoms with Gasteiger partial charge in [-0.2, -0.15) is 5.26 Å². The topological polar surface area (TPSA) is 263 Å². The predicted molar refractivity (Wildman–Crippen MR) is 315 cm³/mol. The highest BCUT2D eigenvalue weighted by Crippen LogP contribution is 2.38. The van der Waals surface area contributed by atoms with Gasteiger partial charge in [-0.1, -0.05) is 72.3 Å². The molecular weight excluding hydrogens is 1090 g/mol. The van der Waals surface area contributed by atoms with Crippen molar-refractivity contribution in [3.05, 3.63) is 173 Å². The zero-order valence-electron chi connectivity index (χ0n) is 46.2. The first-order chi connectivity index (χ1) is 40.2. The summed E-state index contributed by atoms with van der Waals surface area (Å²) in [5.74, 6) is 9.44. The highest BCUT2D eigenvalue weighted by atomic mass is 35.5. The third kappa shape index (κ3) is 14.3. The first-order valence-corrected chi connectivity index (χ1v) is 27.2. The van der Waals surface area contributed by atoms with Crippen molar-refractivity contribution in [2.75, 3.05) is 7.11 Å². The molecule has 0 saturated carbocycles. The molecule has 5 N–H and O–H groups in total. The van der Waals surface area contributed by atoms with Crippen molar-refractivity contribution >= 4 is 46.2 Å². The summed E-state index contributed by atoms with van der Waals surface area (Å²) in [6.07, 6.45) is 25.0. The van der Waals surface area contributed by atoms with Gasteiger partial charge in [0.25, 0.3) is 5.69 Å². The third-order valence-electron chi connectivity index (χ3n) is 15.5. The molecule has 428 valence electrons. The van der Waals surface area contributed by atoms with E-state index >= 15 is 0 Å². The van der Waals surface area contributed by atoms with E-state index in [2.05, 4.69) is 29.6 Å². The minimum Gasteiger partial charge on any atom is -0.497 e. The van der Waals surface area contributed by atoms with Crippen molar-refractivity contribution in [1.29, 1.82) is 5.26 Å². The van der Waals surface area contributed by atoms with E-state index < -0.39 is 59.1 Å². The Bertz CT molecular complexity index is 3550. The monoisotopic (exact) mass is 1150 g/mol. The molecule has 0 amide bonds. The fourth-order valence-electron chi connectivity index (χ4n) is 11.2. The molecule has 5 aliphatic carbocycles. The quantitative estimate of drug-likeness (QED) is 0.0452. The average Bonchev–Trinajstić information content (AvgIpc) is 3.36. The number of rotatable bonds is 12. The number of nitro groups is 1. The second-order valence-electron chi connectivity index (χ2n) is 20.7. The number of nitrogens with zero attached hydrogens (tertiary/aromatic N) is 2. The summed E-state index contributed by atoms with van der Waals surface area (Å²) in [5.41, 5.74) is 8.03. The van der Waals surface area contributed by atoms with Crippen LogP contribution < -0.4 is 4.74 Å².